The number of aliphatic hydroxyl groups is 1. The third-order valence-electron chi connectivity index (χ3n) is 3.13. The highest BCUT2D eigenvalue weighted by molar-refractivity contribution is 6.31. The van der Waals surface area contributed by atoms with Crippen molar-refractivity contribution in [3.8, 4) is 0 Å². The Labute approximate surface area is 99.6 Å². The van der Waals surface area contributed by atoms with Crippen LogP contribution in [0.4, 0.5) is 4.39 Å². The van der Waals surface area contributed by atoms with Crippen molar-refractivity contribution in [2.24, 2.45) is 0 Å². The highest BCUT2D eigenvalue weighted by Gasteiger charge is 2.25. The molecule has 0 amide bonds. The van der Waals surface area contributed by atoms with Crippen LogP contribution < -0.4 is 0 Å². The topological polar surface area (TPSA) is 23.5 Å². The molecule has 0 radical (unpaired) electrons. The third-order valence-corrected chi connectivity index (χ3v) is 3.49. The van der Waals surface area contributed by atoms with Crippen LogP contribution in [0.5, 0.6) is 0 Å². The summed E-state index contributed by atoms with van der Waals surface area (Å²) in [6.07, 6.45) is 2.03. The van der Waals surface area contributed by atoms with Crippen LogP contribution in [-0.2, 0) is 6.54 Å². The van der Waals surface area contributed by atoms with Gasteiger partial charge in [0.15, 0.2) is 0 Å². The summed E-state index contributed by atoms with van der Waals surface area (Å²) in [6, 6.07) is 4.87. The molecular formula is C12H15ClFNO. The molecule has 2 rings (SSSR count). The molecule has 1 aliphatic heterocycles. The molecule has 0 bridgehead atoms. The van der Waals surface area contributed by atoms with Crippen molar-refractivity contribution in [1.29, 1.82) is 0 Å². The predicted octanol–water partition coefficient (Wildman–Crippen LogP) is 2.44. The quantitative estimate of drug-likeness (QED) is 0.882. The van der Waals surface area contributed by atoms with Gasteiger partial charge in [-0.05, 0) is 31.5 Å². The van der Waals surface area contributed by atoms with Gasteiger partial charge in [0, 0.05) is 23.2 Å². The monoisotopic (exact) mass is 243 g/mol. The Balaban J connectivity index is 2.14. The normalized spacial score (nSPS) is 21.6. The van der Waals surface area contributed by atoms with E-state index in [-0.39, 0.29) is 18.5 Å². The second-order valence-electron chi connectivity index (χ2n) is 4.15. The van der Waals surface area contributed by atoms with E-state index in [1.54, 1.807) is 12.1 Å². The molecule has 1 saturated heterocycles. The first kappa shape index (κ1) is 11.8. The molecule has 0 spiro atoms. The van der Waals surface area contributed by atoms with Crippen molar-refractivity contribution < 1.29 is 9.50 Å². The van der Waals surface area contributed by atoms with E-state index in [4.69, 9.17) is 11.6 Å². The van der Waals surface area contributed by atoms with Crippen LogP contribution in [0.25, 0.3) is 0 Å². The highest BCUT2D eigenvalue weighted by atomic mass is 35.5. The van der Waals surface area contributed by atoms with E-state index >= 15 is 0 Å². The van der Waals surface area contributed by atoms with Gasteiger partial charge in [-0.15, -0.1) is 0 Å². The summed E-state index contributed by atoms with van der Waals surface area (Å²) < 4.78 is 13.6. The molecule has 4 heteroatoms. The van der Waals surface area contributed by atoms with Gasteiger partial charge in [0.25, 0.3) is 0 Å². The first-order valence-corrected chi connectivity index (χ1v) is 5.88. The summed E-state index contributed by atoms with van der Waals surface area (Å²) in [5.74, 6) is -0.268. The van der Waals surface area contributed by atoms with Crippen LogP contribution in [0.15, 0.2) is 18.2 Å². The summed E-state index contributed by atoms with van der Waals surface area (Å²) in [5.41, 5.74) is 0.532. The molecule has 0 aromatic heterocycles. The lowest BCUT2D eigenvalue weighted by Gasteiger charge is -2.23. The fourth-order valence-corrected chi connectivity index (χ4v) is 2.42. The standard InChI is InChI=1S/C12H15ClFNO/c13-11-4-1-5-12(14)10(11)7-15-6-2-3-9(15)8-16/h1,4-5,9,16H,2-3,6-8H2/t9-/m1/s1. The lowest BCUT2D eigenvalue weighted by Crippen LogP contribution is -2.32. The minimum absolute atomic E-state index is 0.131. The van der Waals surface area contributed by atoms with Crippen LogP contribution in [0, 0.1) is 5.82 Å². The van der Waals surface area contributed by atoms with Gasteiger partial charge in [-0.3, -0.25) is 4.90 Å². The number of aliphatic hydroxyl groups excluding tert-OH is 1. The van der Waals surface area contributed by atoms with E-state index in [1.807, 2.05) is 0 Å². The Morgan fingerprint density at radius 1 is 1.50 bits per heavy atom. The van der Waals surface area contributed by atoms with Gasteiger partial charge in [0.2, 0.25) is 0 Å². The summed E-state index contributed by atoms with van der Waals surface area (Å²) in [5, 5.41) is 9.65. The van der Waals surface area contributed by atoms with Crippen molar-refractivity contribution in [3.63, 3.8) is 0 Å². The predicted molar refractivity (Wildman–Crippen MR) is 61.9 cm³/mol. The second kappa shape index (κ2) is 5.13. The van der Waals surface area contributed by atoms with E-state index in [1.165, 1.54) is 6.07 Å². The average molecular weight is 244 g/mol. The molecule has 16 heavy (non-hydrogen) atoms. The Morgan fingerprint density at radius 3 is 3.00 bits per heavy atom. The lowest BCUT2D eigenvalue weighted by molar-refractivity contribution is 0.152. The zero-order valence-corrected chi connectivity index (χ0v) is 9.75. The third kappa shape index (κ3) is 2.37. The number of hydrogen-bond donors (Lipinski definition) is 1. The molecule has 1 aromatic carbocycles. The molecule has 1 fully saturated rings. The van der Waals surface area contributed by atoms with Crippen LogP contribution in [0.3, 0.4) is 0 Å². The molecule has 88 valence electrons. The average Bonchev–Trinajstić information content (AvgIpc) is 2.71. The van der Waals surface area contributed by atoms with E-state index in [0.29, 0.717) is 17.1 Å². The molecule has 1 N–H and O–H groups in total. The molecular weight excluding hydrogens is 229 g/mol. The van der Waals surface area contributed by atoms with Gasteiger partial charge >= 0.3 is 0 Å². The maximum Gasteiger partial charge on any atom is 0.129 e. The molecule has 2 nitrogen and oxygen atoms in total. The Hall–Kier alpha value is -0.640. The van der Waals surface area contributed by atoms with Crippen molar-refractivity contribution in [3.05, 3.63) is 34.6 Å². The molecule has 0 aliphatic carbocycles. The number of rotatable bonds is 3. The number of likely N-dealkylation sites (tertiary alicyclic amines) is 1. The van der Waals surface area contributed by atoms with Crippen molar-refractivity contribution in [2.75, 3.05) is 13.2 Å². The maximum atomic E-state index is 13.6. The van der Waals surface area contributed by atoms with Gasteiger partial charge in [-0.2, -0.15) is 0 Å². The summed E-state index contributed by atoms with van der Waals surface area (Å²) in [4.78, 5) is 2.09. The van der Waals surface area contributed by atoms with Crippen molar-refractivity contribution >= 4 is 11.6 Å². The number of benzene rings is 1. The Bertz CT molecular complexity index is 352. The number of hydrogen-bond acceptors (Lipinski definition) is 2. The van der Waals surface area contributed by atoms with Crippen molar-refractivity contribution in [1.82, 2.24) is 4.90 Å². The van der Waals surface area contributed by atoms with Gasteiger partial charge in [-0.1, -0.05) is 17.7 Å². The second-order valence-corrected chi connectivity index (χ2v) is 4.56. The highest BCUT2D eigenvalue weighted by Crippen LogP contribution is 2.25. The van der Waals surface area contributed by atoms with Gasteiger partial charge < -0.3 is 5.11 Å². The van der Waals surface area contributed by atoms with E-state index in [9.17, 15) is 9.50 Å². The lowest BCUT2D eigenvalue weighted by atomic mass is 10.1. The fourth-order valence-electron chi connectivity index (χ4n) is 2.20. The first-order valence-electron chi connectivity index (χ1n) is 5.50. The Morgan fingerprint density at radius 2 is 2.31 bits per heavy atom. The molecule has 0 unspecified atom stereocenters. The van der Waals surface area contributed by atoms with Gasteiger partial charge in [0.05, 0.1) is 6.61 Å². The van der Waals surface area contributed by atoms with Gasteiger partial charge in [0.1, 0.15) is 5.82 Å². The minimum Gasteiger partial charge on any atom is -0.395 e. The molecule has 0 saturated carbocycles. The Kier molecular flexibility index (Phi) is 3.79. The molecule has 1 atom stereocenters. The summed E-state index contributed by atoms with van der Waals surface area (Å²) in [6.45, 7) is 1.51. The van der Waals surface area contributed by atoms with Crippen LogP contribution >= 0.6 is 11.6 Å². The number of nitrogens with zero attached hydrogens (tertiary/aromatic N) is 1. The smallest absolute Gasteiger partial charge is 0.129 e. The summed E-state index contributed by atoms with van der Waals surface area (Å²) in [7, 11) is 0. The van der Waals surface area contributed by atoms with Crippen LogP contribution in [0.1, 0.15) is 18.4 Å². The molecule has 1 aliphatic rings. The van der Waals surface area contributed by atoms with E-state index in [0.717, 1.165) is 19.4 Å². The van der Waals surface area contributed by atoms with Crippen LogP contribution in [-0.4, -0.2) is 29.2 Å². The molecule has 1 aromatic rings. The first-order chi connectivity index (χ1) is 7.72. The van der Waals surface area contributed by atoms with Crippen LogP contribution in [0.2, 0.25) is 5.02 Å². The number of halogens is 2. The largest absolute Gasteiger partial charge is 0.395 e. The fraction of sp³-hybridized carbons (Fsp3) is 0.500. The zero-order chi connectivity index (χ0) is 11.5. The summed E-state index contributed by atoms with van der Waals surface area (Å²) >= 11 is 5.97. The maximum absolute atomic E-state index is 13.6. The van der Waals surface area contributed by atoms with E-state index < -0.39 is 0 Å². The van der Waals surface area contributed by atoms with Gasteiger partial charge in [-0.25, -0.2) is 4.39 Å². The zero-order valence-electron chi connectivity index (χ0n) is 9.00. The van der Waals surface area contributed by atoms with Crippen molar-refractivity contribution in [2.45, 2.75) is 25.4 Å². The SMILES string of the molecule is OC[C@H]1CCCN1Cc1c(F)cccc1Cl. The minimum atomic E-state index is -0.268. The molecule has 1 heterocycles. The van der Waals surface area contributed by atoms with E-state index in [2.05, 4.69) is 4.90 Å².